The van der Waals surface area contributed by atoms with E-state index in [0.29, 0.717) is 17.4 Å². The molecule has 73 heavy (non-hydrogen) atoms. The van der Waals surface area contributed by atoms with Crippen molar-refractivity contribution in [2.24, 2.45) is 0 Å². The number of hydrogen-bond donors (Lipinski definition) is 2. The lowest BCUT2D eigenvalue weighted by atomic mass is 10.0. The molecule has 2 N–H and O–H groups in total. The Hall–Kier alpha value is -1.80. The molecule has 0 radical (unpaired) electrons. The van der Waals surface area contributed by atoms with E-state index < -0.39 is 20.0 Å². The van der Waals surface area contributed by atoms with E-state index in [1.807, 2.05) is 27.2 Å². The number of likely N-dealkylation sites (N-methyl/N-ethyl adjacent to an activating group) is 1. The molecule has 0 saturated heterocycles. The molecule has 0 heterocycles. The van der Waals surface area contributed by atoms with Crippen molar-refractivity contribution in [2.45, 2.75) is 302 Å². The van der Waals surface area contributed by atoms with Gasteiger partial charge >= 0.3 is 0 Å². The Bertz CT molecular complexity index is 1370. The van der Waals surface area contributed by atoms with Gasteiger partial charge in [-0.15, -0.1) is 0 Å². The highest BCUT2D eigenvalue weighted by Gasteiger charge is 2.23. The summed E-state index contributed by atoms with van der Waals surface area (Å²) in [5.74, 6) is -0.194. The third-order valence-corrected chi connectivity index (χ3v) is 14.9. The van der Waals surface area contributed by atoms with Crippen molar-refractivity contribution in [1.82, 2.24) is 5.32 Å². The molecule has 0 bridgehead atoms. The summed E-state index contributed by atoms with van der Waals surface area (Å²) in [6.07, 6.45) is 74.8. The topological polar surface area (TPSA) is 108 Å². The standard InChI is InChI=1S/C64H121N2O6P/c1-6-8-10-12-14-16-18-20-21-22-23-24-25-26-27-28-29-30-31-32-33-34-35-36-37-38-39-40-41-42-43-44-45-46-48-50-52-54-56-58-64(68)65-62(61-72-73(69,70)71-60-59-66(3,4)5)63(67)57-55-53-51-49-47-19-17-15-13-11-9-7-2/h8,10,14,16,20-21,23-24,55,57,62-63,67H,6-7,9,11-13,15,17-19,22,25-54,56,58-61H2,1-5H3,(H-,65,68,69,70)/b10-8-,16-14-,21-20-,24-23-,57-55+. The highest BCUT2D eigenvalue weighted by Crippen LogP contribution is 2.38. The number of aliphatic hydroxyl groups is 1. The van der Waals surface area contributed by atoms with Crippen LogP contribution in [-0.2, 0) is 18.4 Å². The Balaban J connectivity index is 3.86. The number of phosphoric ester groups is 1. The van der Waals surface area contributed by atoms with E-state index in [1.54, 1.807) is 6.08 Å². The molecule has 8 nitrogen and oxygen atoms in total. The number of quaternary nitrogens is 1. The van der Waals surface area contributed by atoms with Crippen LogP contribution in [0.2, 0.25) is 0 Å². The van der Waals surface area contributed by atoms with Crippen molar-refractivity contribution in [3.63, 3.8) is 0 Å². The Kier molecular flexibility index (Phi) is 53.6. The molecule has 428 valence electrons. The third kappa shape index (κ3) is 57.7. The molecular formula is C64H121N2O6P. The fourth-order valence-electron chi connectivity index (χ4n) is 9.15. The van der Waals surface area contributed by atoms with Gasteiger partial charge in [-0.05, 0) is 57.8 Å². The van der Waals surface area contributed by atoms with Crippen molar-refractivity contribution >= 4 is 13.7 Å². The van der Waals surface area contributed by atoms with E-state index in [4.69, 9.17) is 9.05 Å². The van der Waals surface area contributed by atoms with Crippen LogP contribution in [0, 0.1) is 0 Å². The molecule has 0 aromatic rings. The number of phosphoric acid groups is 1. The molecule has 9 heteroatoms. The first-order chi connectivity index (χ1) is 35.5. The van der Waals surface area contributed by atoms with E-state index in [2.05, 4.69) is 67.8 Å². The van der Waals surface area contributed by atoms with Gasteiger partial charge in [0.25, 0.3) is 7.82 Å². The average molecular weight is 1050 g/mol. The maximum Gasteiger partial charge on any atom is 0.268 e. The Labute approximate surface area is 453 Å². The van der Waals surface area contributed by atoms with Crippen molar-refractivity contribution < 1.29 is 32.9 Å². The number of carbonyl (C=O) groups excluding carboxylic acids is 1. The number of aliphatic hydroxyl groups excluding tert-OH is 1. The second-order valence-electron chi connectivity index (χ2n) is 22.4. The second-order valence-corrected chi connectivity index (χ2v) is 23.8. The number of nitrogens with zero attached hydrogens (tertiary/aromatic N) is 1. The monoisotopic (exact) mass is 1040 g/mol. The van der Waals surface area contributed by atoms with Crippen LogP contribution in [0.5, 0.6) is 0 Å². The van der Waals surface area contributed by atoms with E-state index in [1.165, 1.54) is 205 Å². The summed E-state index contributed by atoms with van der Waals surface area (Å²) < 4.78 is 23.3. The van der Waals surface area contributed by atoms with Crippen LogP contribution < -0.4 is 10.2 Å². The number of unbranched alkanes of at least 4 members (excludes halogenated alkanes) is 36. The van der Waals surface area contributed by atoms with Gasteiger partial charge in [-0.2, -0.15) is 0 Å². The van der Waals surface area contributed by atoms with Crippen LogP contribution in [0.15, 0.2) is 60.8 Å². The van der Waals surface area contributed by atoms with Gasteiger partial charge in [0.05, 0.1) is 39.9 Å². The number of carbonyl (C=O) groups is 1. The molecule has 3 unspecified atom stereocenters. The van der Waals surface area contributed by atoms with Gasteiger partial charge in [0, 0.05) is 6.42 Å². The number of rotatable bonds is 57. The first kappa shape index (κ1) is 71.2. The molecule has 0 aliphatic carbocycles. The minimum atomic E-state index is -4.59. The van der Waals surface area contributed by atoms with Crippen LogP contribution in [-0.4, -0.2) is 68.5 Å². The van der Waals surface area contributed by atoms with Gasteiger partial charge in [0.1, 0.15) is 13.2 Å². The van der Waals surface area contributed by atoms with E-state index in [0.717, 1.165) is 64.2 Å². The SMILES string of the molecule is CC/C=C\C/C=C\C/C=C\C/C=C\CCCCCCCCCCCCCCCCCCCCCCCCCCCCC(=O)NC(COP(=O)([O-])OCC[N+](C)(C)C)C(O)/C=C/CCCCCCCCCCCC. The molecule has 0 aliphatic heterocycles. The second kappa shape index (κ2) is 55.0. The van der Waals surface area contributed by atoms with E-state index in [-0.39, 0.29) is 19.1 Å². The fourth-order valence-corrected chi connectivity index (χ4v) is 9.87. The average Bonchev–Trinajstić information content (AvgIpc) is 3.35. The van der Waals surface area contributed by atoms with Crippen molar-refractivity contribution in [3.05, 3.63) is 60.8 Å². The lowest BCUT2D eigenvalue weighted by Crippen LogP contribution is -2.45. The highest BCUT2D eigenvalue weighted by molar-refractivity contribution is 7.45. The number of hydrogen-bond acceptors (Lipinski definition) is 6. The van der Waals surface area contributed by atoms with Gasteiger partial charge in [0.15, 0.2) is 0 Å². The molecule has 0 spiro atoms. The first-order valence-electron chi connectivity index (χ1n) is 31.2. The maximum absolute atomic E-state index is 12.9. The van der Waals surface area contributed by atoms with Crippen LogP contribution in [0.25, 0.3) is 0 Å². The zero-order chi connectivity index (χ0) is 53.5. The van der Waals surface area contributed by atoms with Gasteiger partial charge in [-0.3, -0.25) is 9.36 Å². The van der Waals surface area contributed by atoms with Crippen molar-refractivity contribution in [2.75, 3.05) is 40.9 Å². The summed E-state index contributed by atoms with van der Waals surface area (Å²) in [5, 5.41) is 13.8. The van der Waals surface area contributed by atoms with Crippen molar-refractivity contribution in [1.29, 1.82) is 0 Å². The molecule has 0 aromatic heterocycles. The summed E-state index contributed by atoms with van der Waals surface area (Å²) in [7, 11) is 1.27. The molecular weight excluding hydrogens is 924 g/mol. The smallest absolute Gasteiger partial charge is 0.268 e. The quantitative estimate of drug-likeness (QED) is 0.0272. The van der Waals surface area contributed by atoms with Gasteiger partial charge < -0.3 is 28.8 Å². The van der Waals surface area contributed by atoms with Crippen molar-refractivity contribution in [3.8, 4) is 0 Å². The largest absolute Gasteiger partial charge is 0.756 e. The van der Waals surface area contributed by atoms with Crippen LogP contribution in [0.1, 0.15) is 290 Å². The number of amides is 1. The fraction of sp³-hybridized carbons (Fsp3) is 0.828. The summed E-state index contributed by atoms with van der Waals surface area (Å²) in [6, 6.07) is -0.884. The number of allylic oxidation sites excluding steroid dienone is 9. The summed E-state index contributed by atoms with van der Waals surface area (Å²) in [5.41, 5.74) is 0. The van der Waals surface area contributed by atoms with E-state index >= 15 is 0 Å². The minimum Gasteiger partial charge on any atom is -0.756 e. The zero-order valence-electron chi connectivity index (χ0n) is 48.8. The lowest BCUT2D eigenvalue weighted by molar-refractivity contribution is -0.870. The Morgan fingerprint density at radius 3 is 1.22 bits per heavy atom. The van der Waals surface area contributed by atoms with Gasteiger partial charge in [-0.25, -0.2) is 0 Å². The predicted molar refractivity (Wildman–Crippen MR) is 316 cm³/mol. The zero-order valence-corrected chi connectivity index (χ0v) is 49.7. The number of nitrogens with one attached hydrogen (secondary N) is 1. The first-order valence-corrected chi connectivity index (χ1v) is 32.6. The van der Waals surface area contributed by atoms with Crippen LogP contribution in [0.3, 0.4) is 0 Å². The Morgan fingerprint density at radius 2 is 0.836 bits per heavy atom. The molecule has 3 atom stereocenters. The minimum absolute atomic E-state index is 0.0000753. The summed E-state index contributed by atoms with van der Waals surface area (Å²) in [4.78, 5) is 25.4. The third-order valence-electron chi connectivity index (χ3n) is 14.0. The predicted octanol–water partition coefficient (Wildman–Crippen LogP) is 18.6. The van der Waals surface area contributed by atoms with Gasteiger partial charge in [-0.1, -0.05) is 286 Å². The maximum atomic E-state index is 12.9. The lowest BCUT2D eigenvalue weighted by Gasteiger charge is -2.29. The molecule has 0 rings (SSSR count). The molecule has 0 saturated carbocycles. The van der Waals surface area contributed by atoms with Crippen LogP contribution in [0.4, 0.5) is 0 Å². The van der Waals surface area contributed by atoms with Gasteiger partial charge in [0.2, 0.25) is 5.91 Å². The summed E-state index contributed by atoms with van der Waals surface area (Å²) in [6.45, 7) is 4.55. The highest BCUT2D eigenvalue weighted by atomic mass is 31.2. The molecule has 0 aromatic carbocycles. The summed E-state index contributed by atoms with van der Waals surface area (Å²) >= 11 is 0. The molecule has 1 amide bonds. The Morgan fingerprint density at radius 1 is 0.493 bits per heavy atom. The molecule has 0 aliphatic rings. The van der Waals surface area contributed by atoms with E-state index in [9.17, 15) is 19.4 Å². The normalized spacial score (nSPS) is 14.2. The molecule has 0 fully saturated rings. The van der Waals surface area contributed by atoms with Crippen LogP contribution >= 0.6 is 7.82 Å².